The van der Waals surface area contributed by atoms with Gasteiger partial charge < -0.3 is 28.5 Å². The molecule has 0 aliphatic rings. The minimum Gasteiger partial charge on any atom is -0.459 e. The lowest BCUT2D eigenvalue weighted by Crippen LogP contribution is -2.32. The van der Waals surface area contributed by atoms with E-state index in [-0.39, 0.29) is 35.7 Å². The monoisotopic (exact) mass is 407 g/mol. The van der Waals surface area contributed by atoms with E-state index in [0.29, 0.717) is 45.9 Å². The molecule has 0 fully saturated rings. The smallest absolute Gasteiger partial charge is 0.290 e. The summed E-state index contributed by atoms with van der Waals surface area (Å²) in [4.78, 5) is 30.6. The summed E-state index contributed by atoms with van der Waals surface area (Å²) in [6.07, 6.45) is 4.12. The second-order valence-corrected chi connectivity index (χ2v) is 6.19. The van der Waals surface area contributed by atoms with E-state index in [9.17, 15) is 9.59 Å². The van der Waals surface area contributed by atoms with E-state index in [4.69, 9.17) is 18.3 Å². The van der Waals surface area contributed by atoms with E-state index in [1.165, 1.54) is 12.5 Å². The van der Waals surface area contributed by atoms with Crippen molar-refractivity contribution in [3.8, 4) is 0 Å². The topological polar surface area (TPSA) is 107 Å². The predicted molar refractivity (Wildman–Crippen MR) is 105 cm³/mol. The largest absolute Gasteiger partial charge is 0.459 e. The van der Waals surface area contributed by atoms with Crippen molar-refractivity contribution >= 4 is 11.8 Å². The number of carbonyl (C=O) groups is 2. The molecule has 29 heavy (non-hydrogen) atoms. The van der Waals surface area contributed by atoms with Gasteiger partial charge in [-0.2, -0.15) is 0 Å². The molecule has 2 amide bonds. The van der Waals surface area contributed by atoms with Crippen molar-refractivity contribution < 1.29 is 27.9 Å². The summed E-state index contributed by atoms with van der Waals surface area (Å²) in [5.41, 5.74) is 0.177. The number of hydrogen-bond acceptors (Lipinski definition) is 7. The standard InChI is InChI=1S/C20H29N3O6/c1-3-26-11-6-9-21-19(24)16-15-29-18(22-16)14-23(10-7-12-27-4-2)20(25)17-8-5-13-28-17/h5,8,13,15H,3-4,6-7,9-12,14H2,1-2H3,(H,21,24). The molecule has 0 saturated heterocycles. The van der Waals surface area contributed by atoms with E-state index in [1.807, 2.05) is 13.8 Å². The molecule has 0 aliphatic heterocycles. The first-order valence-corrected chi connectivity index (χ1v) is 9.86. The maximum atomic E-state index is 12.7. The normalized spacial score (nSPS) is 10.8. The van der Waals surface area contributed by atoms with Crippen LogP contribution >= 0.6 is 0 Å². The van der Waals surface area contributed by atoms with E-state index < -0.39 is 0 Å². The third kappa shape index (κ3) is 7.71. The number of nitrogens with zero attached hydrogens (tertiary/aromatic N) is 2. The summed E-state index contributed by atoms with van der Waals surface area (Å²) in [5, 5.41) is 2.76. The van der Waals surface area contributed by atoms with Crippen LogP contribution in [0.5, 0.6) is 0 Å². The van der Waals surface area contributed by atoms with Crippen molar-refractivity contribution in [2.75, 3.05) is 39.5 Å². The number of furan rings is 1. The van der Waals surface area contributed by atoms with E-state index in [0.717, 1.165) is 6.42 Å². The van der Waals surface area contributed by atoms with Gasteiger partial charge in [0.2, 0.25) is 5.89 Å². The average molecular weight is 407 g/mol. The maximum Gasteiger partial charge on any atom is 0.290 e. The summed E-state index contributed by atoms with van der Waals surface area (Å²) < 4.78 is 21.2. The second kappa shape index (κ2) is 12.7. The highest BCUT2D eigenvalue weighted by Crippen LogP contribution is 2.12. The molecule has 160 valence electrons. The molecule has 0 spiro atoms. The minimum atomic E-state index is -0.322. The molecule has 1 N–H and O–H groups in total. The Morgan fingerprint density at radius 2 is 1.90 bits per heavy atom. The number of oxazole rings is 1. The molecule has 0 radical (unpaired) electrons. The zero-order valence-electron chi connectivity index (χ0n) is 17.0. The van der Waals surface area contributed by atoms with Gasteiger partial charge in [-0.1, -0.05) is 0 Å². The third-order valence-corrected chi connectivity index (χ3v) is 4.01. The van der Waals surface area contributed by atoms with Gasteiger partial charge in [0.25, 0.3) is 11.8 Å². The number of amides is 2. The third-order valence-electron chi connectivity index (χ3n) is 4.01. The Kier molecular flexibility index (Phi) is 9.94. The number of nitrogens with one attached hydrogen (secondary N) is 1. The fourth-order valence-corrected chi connectivity index (χ4v) is 2.57. The predicted octanol–water partition coefficient (Wildman–Crippen LogP) is 2.49. The van der Waals surface area contributed by atoms with Crippen molar-refractivity contribution in [2.45, 2.75) is 33.2 Å². The summed E-state index contributed by atoms with van der Waals surface area (Å²) in [5.74, 6) is -0.0793. The van der Waals surface area contributed by atoms with Gasteiger partial charge in [0, 0.05) is 39.5 Å². The van der Waals surface area contributed by atoms with Crippen LogP contribution in [0, 0.1) is 0 Å². The van der Waals surface area contributed by atoms with Gasteiger partial charge >= 0.3 is 0 Å². The first-order chi connectivity index (χ1) is 14.2. The van der Waals surface area contributed by atoms with E-state index >= 15 is 0 Å². The van der Waals surface area contributed by atoms with Crippen LogP contribution in [0.1, 0.15) is 53.6 Å². The van der Waals surface area contributed by atoms with E-state index in [2.05, 4.69) is 10.3 Å². The van der Waals surface area contributed by atoms with Crippen LogP contribution in [-0.2, 0) is 16.0 Å². The summed E-state index contributed by atoms with van der Waals surface area (Å²) in [6, 6.07) is 3.26. The number of ether oxygens (including phenoxy) is 2. The van der Waals surface area contributed by atoms with Crippen LogP contribution in [0.4, 0.5) is 0 Å². The molecule has 2 heterocycles. The molecule has 0 saturated carbocycles. The van der Waals surface area contributed by atoms with Crippen LogP contribution in [0.15, 0.2) is 33.5 Å². The Balaban J connectivity index is 1.92. The molecule has 2 aromatic rings. The lowest BCUT2D eigenvalue weighted by molar-refractivity contribution is 0.0664. The quantitative estimate of drug-likeness (QED) is 0.479. The lowest BCUT2D eigenvalue weighted by atomic mass is 10.3. The Morgan fingerprint density at radius 1 is 1.14 bits per heavy atom. The minimum absolute atomic E-state index is 0.128. The van der Waals surface area contributed by atoms with Crippen molar-refractivity contribution in [1.82, 2.24) is 15.2 Å². The van der Waals surface area contributed by atoms with Crippen LogP contribution in [-0.4, -0.2) is 61.2 Å². The number of carbonyl (C=O) groups excluding carboxylic acids is 2. The molecule has 0 aliphatic carbocycles. The Hall–Kier alpha value is -2.65. The SMILES string of the molecule is CCOCCCNC(=O)c1coc(CN(CCCOCC)C(=O)c2ccco2)n1. The van der Waals surface area contributed by atoms with Gasteiger partial charge in [0.15, 0.2) is 11.5 Å². The molecular formula is C20H29N3O6. The molecule has 9 nitrogen and oxygen atoms in total. The van der Waals surface area contributed by atoms with Crippen molar-refractivity contribution in [2.24, 2.45) is 0 Å². The van der Waals surface area contributed by atoms with Crippen LogP contribution in [0.25, 0.3) is 0 Å². The first kappa shape index (κ1) is 22.6. The van der Waals surface area contributed by atoms with Gasteiger partial charge in [-0.15, -0.1) is 0 Å². The maximum absolute atomic E-state index is 12.7. The highest BCUT2D eigenvalue weighted by molar-refractivity contribution is 5.92. The number of aromatic nitrogens is 1. The Bertz CT molecular complexity index is 728. The summed E-state index contributed by atoms with van der Waals surface area (Å²) in [7, 11) is 0. The zero-order valence-corrected chi connectivity index (χ0v) is 17.0. The van der Waals surface area contributed by atoms with Gasteiger partial charge in [0.05, 0.1) is 12.8 Å². The van der Waals surface area contributed by atoms with Crippen molar-refractivity contribution in [3.63, 3.8) is 0 Å². The molecule has 0 atom stereocenters. The van der Waals surface area contributed by atoms with Crippen LogP contribution in [0.3, 0.4) is 0 Å². The highest BCUT2D eigenvalue weighted by atomic mass is 16.5. The highest BCUT2D eigenvalue weighted by Gasteiger charge is 2.21. The molecule has 0 aromatic carbocycles. The molecule has 9 heteroatoms. The summed E-state index contributed by atoms with van der Waals surface area (Å²) in [6.45, 7) is 7.30. The van der Waals surface area contributed by atoms with Gasteiger partial charge in [-0.3, -0.25) is 9.59 Å². The van der Waals surface area contributed by atoms with Crippen molar-refractivity contribution in [3.05, 3.63) is 42.0 Å². The molecular weight excluding hydrogens is 378 g/mol. The van der Waals surface area contributed by atoms with Crippen molar-refractivity contribution in [1.29, 1.82) is 0 Å². The van der Waals surface area contributed by atoms with Gasteiger partial charge in [-0.25, -0.2) is 4.98 Å². The van der Waals surface area contributed by atoms with Gasteiger partial charge in [-0.05, 0) is 38.8 Å². The first-order valence-electron chi connectivity index (χ1n) is 9.86. The van der Waals surface area contributed by atoms with Crippen LogP contribution < -0.4 is 5.32 Å². The molecule has 2 rings (SSSR count). The Labute approximate surface area is 170 Å². The number of hydrogen-bond donors (Lipinski definition) is 1. The average Bonchev–Trinajstić information content (AvgIpc) is 3.41. The fraction of sp³-hybridized carbons (Fsp3) is 0.550. The molecule has 0 unspecified atom stereocenters. The van der Waals surface area contributed by atoms with E-state index in [1.54, 1.807) is 17.0 Å². The van der Waals surface area contributed by atoms with Crippen LogP contribution in [0.2, 0.25) is 0 Å². The molecule has 0 bridgehead atoms. The zero-order chi connectivity index (χ0) is 20.9. The summed E-state index contributed by atoms with van der Waals surface area (Å²) >= 11 is 0. The number of rotatable bonds is 14. The van der Waals surface area contributed by atoms with Gasteiger partial charge in [0.1, 0.15) is 6.26 Å². The fourth-order valence-electron chi connectivity index (χ4n) is 2.57. The lowest BCUT2D eigenvalue weighted by Gasteiger charge is -2.19. The molecule has 2 aromatic heterocycles. The second-order valence-electron chi connectivity index (χ2n) is 6.19. The Morgan fingerprint density at radius 3 is 2.59 bits per heavy atom.